The van der Waals surface area contributed by atoms with Crippen LogP contribution >= 0.6 is 11.3 Å². The Hall–Kier alpha value is -2.60. The SMILES string of the molecule is CCOc1ccc2nc(N3CCC(C(=O)N[C@@H](CC)Cc4ccccc4)CC3)sc2c1. The van der Waals surface area contributed by atoms with Gasteiger partial charge in [-0.2, -0.15) is 0 Å². The molecule has 1 amide bonds. The third-order valence-corrected chi connectivity index (χ3v) is 7.04. The number of amides is 1. The number of piperidine rings is 1. The van der Waals surface area contributed by atoms with E-state index in [1.54, 1.807) is 11.3 Å². The Balaban J connectivity index is 1.32. The van der Waals surface area contributed by atoms with Crippen molar-refractivity contribution in [2.45, 2.75) is 45.6 Å². The fourth-order valence-electron chi connectivity index (χ4n) is 4.13. The van der Waals surface area contributed by atoms with Gasteiger partial charge in [0.1, 0.15) is 5.75 Å². The van der Waals surface area contributed by atoms with E-state index in [0.29, 0.717) is 6.61 Å². The number of rotatable bonds is 8. The second-order valence-electron chi connectivity index (χ2n) is 8.12. The van der Waals surface area contributed by atoms with Crippen LogP contribution in [0.2, 0.25) is 0 Å². The Kier molecular flexibility index (Phi) is 7.07. The summed E-state index contributed by atoms with van der Waals surface area (Å²) in [5.74, 6) is 1.18. The van der Waals surface area contributed by atoms with Gasteiger partial charge in [-0.15, -0.1) is 0 Å². The molecule has 0 unspecified atom stereocenters. The second kappa shape index (κ2) is 10.1. The number of aromatic nitrogens is 1. The molecule has 0 radical (unpaired) electrons. The molecular weight excluding hydrogens is 406 g/mol. The van der Waals surface area contributed by atoms with Crippen LogP contribution < -0.4 is 15.0 Å². The van der Waals surface area contributed by atoms with Gasteiger partial charge >= 0.3 is 0 Å². The molecule has 1 aliphatic rings. The van der Waals surface area contributed by atoms with Crippen molar-refractivity contribution in [3.8, 4) is 5.75 Å². The molecule has 31 heavy (non-hydrogen) atoms. The predicted molar refractivity (Wildman–Crippen MR) is 128 cm³/mol. The zero-order chi connectivity index (χ0) is 21.6. The Morgan fingerprint density at radius 2 is 1.97 bits per heavy atom. The van der Waals surface area contributed by atoms with Crippen molar-refractivity contribution in [1.82, 2.24) is 10.3 Å². The summed E-state index contributed by atoms with van der Waals surface area (Å²) in [6.45, 7) is 6.53. The zero-order valence-corrected chi connectivity index (χ0v) is 19.2. The van der Waals surface area contributed by atoms with Crippen LogP contribution in [0.4, 0.5) is 5.13 Å². The average molecular weight is 438 g/mol. The average Bonchev–Trinajstić information content (AvgIpc) is 3.23. The molecule has 0 aliphatic carbocycles. The van der Waals surface area contributed by atoms with Crippen LogP contribution in [0.3, 0.4) is 0 Å². The van der Waals surface area contributed by atoms with Gasteiger partial charge in [0.05, 0.1) is 16.8 Å². The lowest BCUT2D eigenvalue weighted by molar-refractivity contribution is -0.126. The number of hydrogen-bond donors (Lipinski definition) is 1. The molecule has 3 aromatic rings. The summed E-state index contributed by atoms with van der Waals surface area (Å²) in [6, 6.07) is 16.7. The van der Waals surface area contributed by atoms with E-state index < -0.39 is 0 Å². The normalized spacial score (nSPS) is 15.7. The van der Waals surface area contributed by atoms with Crippen LogP contribution in [-0.4, -0.2) is 36.6 Å². The fourth-order valence-corrected chi connectivity index (χ4v) is 5.18. The van der Waals surface area contributed by atoms with Gasteiger partial charge in [0.25, 0.3) is 0 Å². The van der Waals surface area contributed by atoms with Gasteiger partial charge in [0.2, 0.25) is 5.91 Å². The van der Waals surface area contributed by atoms with Gasteiger partial charge in [-0.1, -0.05) is 48.6 Å². The summed E-state index contributed by atoms with van der Waals surface area (Å²) in [6.07, 6.45) is 3.56. The summed E-state index contributed by atoms with van der Waals surface area (Å²) in [7, 11) is 0. The number of benzene rings is 2. The number of anilines is 1. The first-order valence-electron chi connectivity index (χ1n) is 11.3. The Labute approximate surface area is 188 Å². The molecule has 164 valence electrons. The van der Waals surface area contributed by atoms with Gasteiger partial charge in [-0.25, -0.2) is 4.98 Å². The molecule has 1 saturated heterocycles. The summed E-state index contributed by atoms with van der Waals surface area (Å²) >= 11 is 1.70. The lowest BCUT2D eigenvalue weighted by Gasteiger charge is -2.32. The maximum absolute atomic E-state index is 12.9. The molecule has 2 heterocycles. The molecule has 0 bridgehead atoms. The first-order valence-corrected chi connectivity index (χ1v) is 12.1. The Bertz CT molecular complexity index is 996. The van der Waals surface area contributed by atoms with Gasteiger partial charge in [0.15, 0.2) is 5.13 Å². The molecule has 4 rings (SSSR count). The van der Waals surface area contributed by atoms with E-state index in [-0.39, 0.29) is 17.9 Å². The van der Waals surface area contributed by atoms with Crippen LogP contribution in [0.1, 0.15) is 38.7 Å². The number of hydrogen-bond acceptors (Lipinski definition) is 5. The van der Waals surface area contributed by atoms with Crippen molar-refractivity contribution in [2.24, 2.45) is 5.92 Å². The minimum atomic E-state index is 0.0833. The number of nitrogens with zero attached hydrogens (tertiary/aromatic N) is 2. The van der Waals surface area contributed by atoms with E-state index in [0.717, 1.165) is 59.9 Å². The summed E-state index contributed by atoms with van der Waals surface area (Å²) in [5, 5.41) is 4.33. The number of carbonyl (C=O) groups excluding carboxylic acids is 1. The van der Waals surface area contributed by atoms with Crippen LogP contribution in [0, 0.1) is 5.92 Å². The van der Waals surface area contributed by atoms with Crippen LogP contribution in [-0.2, 0) is 11.2 Å². The van der Waals surface area contributed by atoms with Crippen molar-refractivity contribution >= 4 is 32.6 Å². The van der Waals surface area contributed by atoms with Gasteiger partial charge in [-0.3, -0.25) is 4.79 Å². The Morgan fingerprint density at radius 3 is 2.68 bits per heavy atom. The number of fused-ring (bicyclic) bond motifs is 1. The highest BCUT2D eigenvalue weighted by atomic mass is 32.1. The lowest BCUT2D eigenvalue weighted by Crippen LogP contribution is -2.44. The number of thiazole rings is 1. The number of carbonyl (C=O) groups is 1. The van der Waals surface area contributed by atoms with E-state index in [1.165, 1.54) is 5.56 Å². The molecule has 2 aromatic carbocycles. The summed E-state index contributed by atoms with van der Waals surface area (Å²) in [4.78, 5) is 20.0. The molecule has 1 aliphatic heterocycles. The summed E-state index contributed by atoms with van der Waals surface area (Å²) in [5.41, 5.74) is 2.28. The molecule has 1 atom stereocenters. The highest BCUT2D eigenvalue weighted by Crippen LogP contribution is 2.33. The quantitative estimate of drug-likeness (QED) is 0.536. The second-order valence-corrected chi connectivity index (χ2v) is 9.13. The van der Waals surface area contributed by atoms with E-state index in [4.69, 9.17) is 9.72 Å². The molecule has 1 N–H and O–H groups in total. The molecule has 5 nitrogen and oxygen atoms in total. The standard InChI is InChI=1S/C25H31N3O2S/c1-3-20(16-18-8-6-5-7-9-18)26-24(29)19-12-14-28(15-13-19)25-27-22-11-10-21(30-4-2)17-23(22)31-25/h5-11,17,19-20H,3-4,12-16H2,1-2H3,(H,26,29)/t20-/m0/s1. The van der Waals surface area contributed by atoms with Crippen molar-refractivity contribution in [1.29, 1.82) is 0 Å². The fraction of sp³-hybridized carbons (Fsp3) is 0.440. The van der Waals surface area contributed by atoms with Crippen LogP contribution in [0.15, 0.2) is 48.5 Å². The third-order valence-electron chi connectivity index (χ3n) is 5.96. The maximum Gasteiger partial charge on any atom is 0.223 e. The molecule has 0 saturated carbocycles. The first-order chi connectivity index (χ1) is 15.2. The van der Waals surface area contributed by atoms with Gasteiger partial charge in [0, 0.05) is 25.0 Å². The summed E-state index contributed by atoms with van der Waals surface area (Å²) < 4.78 is 6.75. The third kappa shape index (κ3) is 5.37. The molecule has 1 fully saturated rings. The van der Waals surface area contributed by atoms with Gasteiger partial charge < -0.3 is 15.0 Å². The monoisotopic (exact) mass is 437 g/mol. The molecular formula is C25H31N3O2S. The van der Waals surface area contributed by atoms with Gasteiger partial charge in [-0.05, 0) is 56.4 Å². The van der Waals surface area contributed by atoms with Crippen molar-refractivity contribution in [2.75, 3.05) is 24.6 Å². The maximum atomic E-state index is 12.9. The largest absolute Gasteiger partial charge is 0.494 e. The van der Waals surface area contributed by atoms with E-state index in [9.17, 15) is 4.79 Å². The first kappa shape index (κ1) is 21.6. The van der Waals surface area contributed by atoms with Crippen molar-refractivity contribution in [3.63, 3.8) is 0 Å². The highest BCUT2D eigenvalue weighted by molar-refractivity contribution is 7.22. The topological polar surface area (TPSA) is 54.5 Å². The minimum Gasteiger partial charge on any atom is -0.494 e. The van der Waals surface area contributed by atoms with Crippen molar-refractivity contribution < 1.29 is 9.53 Å². The van der Waals surface area contributed by atoms with Crippen LogP contribution in [0.25, 0.3) is 10.2 Å². The van der Waals surface area contributed by atoms with E-state index in [2.05, 4.69) is 47.5 Å². The smallest absolute Gasteiger partial charge is 0.223 e. The van der Waals surface area contributed by atoms with Crippen LogP contribution in [0.5, 0.6) is 5.75 Å². The molecule has 0 spiro atoms. The van der Waals surface area contributed by atoms with E-state index >= 15 is 0 Å². The lowest BCUT2D eigenvalue weighted by atomic mass is 9.95. The number of nitrogens with one attached hydrogen (secondary N) is 1. The molecule has 1 aromatic heterocycles. The highest BCUT2D eigenvalue weighted by Gasteiger charge is 2.27. The number of ether oxygens (including phenoxy) is 1. The van der Waals surface area contributed by atoms with E-state index in [1.807, 2.05) is 25.1 Å². The minimum absolute atomic E-state index is 0.0833. The zero-order valence-electron chi connectivity index (χ0n) is 18.3. The predicted octanol–water partition coefficient (Wildman–Crippen LogP) is 5.05. The van der Waals surface area contributed by atoms with Crippen molar-refractivity contribution in [3.05, 3.63) is 54.1 Å². The molecule has 6 heteroatoms. The Morgan fingerprint density at radius 1 is 1.19 bits per heavy atom.